The van der Waals surface area contributed by atoms with Gasteiger partial charge in [-0.25, -0.2) is 13.1 Å². The number of aromatic amines is 1. The second kappa shape index (κ2) is 4.92. The maximum absolute atomic E-state index is 11.8. The number of sulfonamides is 1. The van der Waals surface area contributed by atoms with Gasteiger partial charge >= 0.3 is 0 Å². The molecule has 0 aliphatic heterocycles. The Labute approximate surface area is 107 Å². The van der Waals surface area contributed by atoms with Gasteiger partial charge in [-0.1, -0.05) is 16.8 Å². The molecular formula is C9H8ClN3O4S. The largest absolute Gasteiger partial charge is 0.360 e. The first kappa shape index (κ1) is 12.8. The highest BCUT2D eigenvalue weighted by Gasteiger charge is 2.16. The standard InChI is InChI=1S/C9H8ClN3O4S/c10-8-3-7(5-11-9(8)14)18(15,16)13-4-6-1-2-12-17-6/h1-3,5,13H,4H2,(H,11,14). The number of hydrogen-bond donors (Lipinski definition) is 2. The molecule has 0 amide bonds. The van der Waals surface area contributed by atoms with Crippen LogP contribution in [-0.4, -0.2) is 18.6 Å². The average molecular weight is 290 g/mol. The number of halogens is 1. The minimum Gasteiger partial charge on any atom is -0.360 e. The third-order valence-corrected chi connectivity index (χ3v) is 3.73. The fourth-order valence-corrected chi connectivity index (χ4v) is 2.40. The zero-order valence-corrected chi connectivity index (χ0v) is 10.5. The molecule has 0 aliphatic rings. The van der Waals surface area contributed by atoms with Crippen LogP contribution in [0.1, 0.15) is 5.76 Å². The van der Waals surface area contributed by atoms with Crippen LogP contribution in [0.2, 0.25) is 5.02 Å². The Bertz CT molecular complexity index is 693. The predicted molar refractivity (Wildman–Crippen MR) is 62.6 cm³/mol. The van der Waals surface area contributed by atoms with Crippen LogP contribution in [0.25, 0.3) is 0 Å². The fourth-order valence-electron chi connectivity index (χ4n) is 1.18. The first-order valence-electron chi connectivity index (χ1n) is 4.76. The lowest BCUT2D eigenvalue weighted by molar-refractivity contribution is 0.380. The summed E-state index contributed by atoms with van der Waals surface area (Å²) in [4.78, 5) is 13.1. The normalized spacial score (nSPS) is 11.6. The van der Waals surface area contributed by atoms with Gasteiger partial charge in [0.1, 0.15) is 5.02 Å². The van der Waals surface area contributed by atoms with Gasteiger partial charge in [-0.15, -0.1) is 0 Å². The molecule has 2 aromatic heterocycles. The van der Waals surface area contributed by atoms with Crippen molar-refractivity contribution in [1.29, 1.82) is 0 Å². The number of nitrogens with zero attached hydrogens (tertiary/aromatic N) is 1. The third kappa shape index (κ3) is 2.78. The molecule has 2 heterocycles. The summed E-state index contributed by atoms with van der Waals surface area (Å²) in [5, 5.41) is 3.25. The minimum atomic E-state index is -3.77. The summed E-state index contributed by atoms with van der Waals surface area (Å²) in [5.41, 5.74) is -0.550. The van der Waals surface area contributed by atoms with E-state index in [-0.39, 0.29) is 16.5 Å². The molecule has 2 rings (SSSR count). The lowest BCUT2D eigenvalue weighted by Crippen LogP contribution is -2.24. The predicted octanol–water partition coefficient (Wildman–Crippen LogP) is 0.495. The Morgan fingerprint density at radius 1 is 1.50 bits per heavy atom. The lowest BCUT2D eigenvalue weighted by atomic mass is 10.5. The second-order valence-electron chi connectivity index (χ2n) is 3.32. The number of pyridine rings is 1. The Hall–Kier alpha value is -1.64. The van der Waals surface area contributed by atoms with Gasteiger partial charge in [0.2, 0.25) is 10.0 Å². The molecule has 96 valence electrons. The van der Waals surface area contributed by atoms with Gasteiger partial charge in [0.25, 0.3) is 5.56 Å². The quantitative estimate of drug-likeness (QED) is 0.852. The zero-order valence-electron chi connectivity index (χ0n) is 8.88. The molecule has 0 saturated heterocycles. The van der Waals surface area contributed by atoms with Crippen molar-refractivity contribution < 1.29 is 12.9 Å². The van der Waals surface area contributed by atoms with Crippen molar-refractivity contribution in [1.82, 2.24) is 14.9 Å². The highest BCUT2D eigenvalue weighted by molar-refractivity contribution is 7.89. The molecule has 18 heavy (non-hydrogen) atoms. The molecule has 7 nitrogen and oxygen atoms in total. The van der Waals surface area contributed by atoms with E-state index < -0.39 is 15.6 Å². The second-order valence-corrected chi connectivity index (χ2v) is 5.49. The van der Waals surface area contributed by atoms with Crippen molar-refractivity contribution in [3.63, 3.8) is 0 Å². The number of hydrogen-bond acceptors (Lipinski definition) is 5. The minimum absolute atomic E-state index is 0.0426. The summed E-state index contributed by atoms with van der Waals surface area (Å²) >= 11 is 5.56. The number of nitrogens with one attached hydrogen (secondary N) is 2. The molecule has 2 N–H and O–H groups in total. The van der Waals surface area contributed by atoms with E-state index in [2.05, 4.69) is 14.9 Å². The number of aromatic nitrogens is 2. The van der Waals surface area contributed by atoms with E-state index in [1.807, 2.05) is 0 Å². The topological polar surface area (TPSA) is 105 Å². The fraction of sp³-hybridized carbons (Fsp3) is 0.111. The molecular weight excluding hydrogens is 282 g/mol. The summed E-state index contributed by atoms with van der Waals surface area (Å²) in [7, 11) is -3.77. The molecule has 0 saturated carbocycles. The Kier molecular flexibility index (Phi) is 3.50. The van der Waals surface area contributed by atoms with E-state index >= 15 is 0 Å². The maximum atomic E-state index is 11.8. The number of rotatable bonds is 4. The zero-order chi connectivity index (χ0) is 13.2. The van der Waals surface area contributed by atoms with Crippen LogP contribution in [-0.2, 0) is 16.6 Å². The summed E-state index contributed by atoms with van der Waals surface area (Å²) in [6.07, 6.45) is 2.47. The van der Waals surface area contributed by atoms with E-state index in [9.17, 15) is 13.2 Å². The van der Waals surface area contributed by atoms with Gasteiger partial charge in [0.15, 0.2) is 5.76 Å². The van der Waals surface area contributed by atoms with E-state index in [4.69, 9.17) is 16.1 Å². The van der Waals surface area contributed by atoms with E-state index in [1.165, 1.54) is 12.3 Å². The highest BCUT2D eigenvalue weighted by atomic mass is 35.5. The molecule has 0 spiro atoms. The van der Waals surface area contributed by atoms with Gasteiger partial charge in [-0.05, 0) is 6.07 Å². The van der Waals surface area contributed by atoms with E-state index in [1.54, 1.807) is 0 Å². The molecule has 0 radical (unpaired) electrons. The molecule has 0 atom stereocenters. The van der Waals surface area contributed by atoms with Crippen LogP contribution < -0.4 is 10.3 Å². The van der Waals surface area contributed by atoms with Gasteiger partial charge in [-0.2, -0.15) is 0 Å². The van der Waals surface area contributed by atoms with Crippen molar-refractivity contribution in [2.75, 3.05) is 0 Å². The summed E-state index contributed by atoms with van der Waals surface area (Å²) < 4.78 is 30.7. The van der Waals surface area contributed by atoms with Crippen LogP contribution in [0.4, 0.5) is 0 Å². The van der Waals surface area contributed by atoms with Crippen LogP contribution >= 0.6 is 11.6 Å². The summed E-state index contributed by atoms with van der Waals surface area (Å²) in [6.45, 7) is -0.0426. The number of H-pyrrole nitrogens is 1. The molecule has 0 aliphatic carbocycles. The molecule has 0 bridgehead atoms. The average Bonchev–Trinajstić information content (AvgIpc) is 2.83. The van der Waals surface area contributed by atoms with Gasteiger partial charge < -0.3 is 9.51 Å². The van der Waals surface area contributed by atoms with Crippen molar-refractivity contribution in [2.24, 2.45) is 0 Å². The monoisotopic (exact) mass is 289 g/mol. The Morgan fingerprint density at radius 3 is 2.89 bits per heavy atom. The van der Waals surface area contributed by atoms with Crippen LogP contribution in [0, 0.1) is 0 Å². The van der Waals surface area contributed by atoms with Crippen molar-refractivity contribution in [3.8, 4) is 0 Å². The first-order valence-corrected chi connectivity index (χ1v) is 6.62. The Morgan fingerprint density at radius 2 is 2.28 bits per heavy atom. The van der Waals surface area contributed by atoms with Gasteiger partial charge in [0, 0.05) is 12.3 Å². The molecule has 0 fully saturated rings. The third-order valence-electron chi connectivity index (χ3n) is 2.07. The first-order chi connectivity index (χ1) is 8.49. The van der Waals surface area contributed by atoms with Crippen LogP contribution in [0.3, 0.4) is 0 Å². The van der Waals surface area contributed by atoms with Crippen molar-refractivity contribution >= 4 is 21.6 Å². The van der Waals surface area contributed by atoms with Gasteiger partial charge in [0.05, 0.1) is 17.6 Å². The summed E-state index contributed by atoms with van der Waals surface area (Å²) in [6, 6.07) is 2.60. The Balaban J connectivity index is 2.20. The lowest BCUT2D eigenvalue weighted by Gasteiger charge is -2.04. The van der Waals surface area contributed by atoms with Crippen LogP contribution in [0.15, 0.2) is 38.7 Å². The van der Waals surface area contributed by atoms with E-state index in [0.717, 1.165) is 12.3 Å². The maximum Gasteiger partial charge on any atom is 0.266 e. The van der Waals surface area contributed by atoms with Crippen LogP contribution in [0.5, 0.6) is 0 Å². The van der Waals surface area contributed by atoms with Gasteiger partial charge in [-0.3, -0.25) is 4.79 Å². The highest BCUT2D eigenvalue weighted by Crippen LogP contribution is 2.10. The summed E-state index contributed by atoms with van der Waals surface area (Å²) in [5.74, 6) is 0.370. The smallest absolute Gasteiger partial charge is 0.266 e. The van der Waals surface area contributed by atoms with E-state index in [0.29, 0.717) is 5.76 Å². The molecule has 0 aromatic carbocycles. The molecule has 9 heteroatoms. The molecule has 2 aromatic rings. The molecule has 0 unspecified atom stereocenters. The SMILES string of the molecule is O=c1[nH]cc(S(=O)(=O)NCc2ccno2)cc1Cl. The van der Waals surface area contributed by atoms with Crippen molar-refractivity contribution in [2.45, 2.75) is 11.4 Å². The van der Waals surface area contributed by atoms with Crippen molar-refractivity contribution in [3.05, 3.63) is 45.7 Å².